The lowest BCUT2D eigenvalue weighted by Gasteiger charge is -2.11. The largest absolute Gasteiger partial charge is 0.363 e. The first-order valence-electron chi connectivity index (χ1n) is 8.73. The van der Waals surface area contributed by atoms with E-state index in [1.807, 2.05) is 43.3 Å². The Morgan fingerprint density at radius 1 is 1.04 bits per heavy atom. The van der Waals surface area contributed by atoms with Gasteiger partial charge in [0.25, 0.3) is 0 Å². The van der Waals surface area contributed by atoms with Gasteiger partial charge in [0.1, 0.15) is 0 Å². The summed E-state index contributed by atoms with van der Waals surface area (Å²) in [6, 6.07) is 13.8. The molecule has 0 aliphatic heterocycles. The number of aryl methyl sites for hydroxylation is 1. The highest BCUT2D eigenvalue weighted by Crippen LogP contribution is 2.24. The molecule has 4 aromatic rings. The Morgan fingerprint density at radius 3 is 2.82 bits per heavy atom. The van der Waals surface area contributed by atoms with E-state index in [1.54, 1.807) is 18.6 Å². The molecule has 0 saturated heterocycles. The predicted molar refractivity (Wildman–Crippen MR) is 108 cm³/mol. The fraction of sp³-hybridized carbons (Fsp3) is 0.100. The van der Waals surface area contributed by atoms with Crippen molar-refractivity contribution < 1.29 is 0 Å². The molecule has 0 aliphatic rings. The molecule has 0 radical (unpaired) electrons. The van der Waals surface area contributed by atoms with E-state index in [4.69, 9.17) is 5.53 Å². The third-order valence-corrected chi connectivity index (χ3v) is 4.16. The lowest BCUT2D eigenvalue weighted by atomic mass is 10.1. The molecule has 4 rings (SSSR count). The van der Waals surface area contributed by atoms with Crippen molar-refractivity contribution in [3.8, 4) is 0 Å². The lowest BCUT2D eigenvalue weighted by molar-refractivity contribution is 1.03. The van der Waals surface area contributed by atoms with E-state index in [0.29, 0.717) is 18.2 Å². The smallest absolute Gasteiger partial charge is 0.216 e. The van der Waals surface area contributed by atoms with Gasteiger partial charge < -0.3 is 10.6 Å². The van der Waals surface area contributed by atoms with Crippen LogP contribution in [-0.2, 0) is 6.54 Å². The first-order chi connectivity index (χ1) is 13.7. The molecule has 0 unspecified atom stereocenters. The van der Waals surface area contributed by atoms with Crippen molar-refractivity contribution >= 4 is 34.0 Å². The molecule has 0 amide bonds. The molecule has 0 aliphatic carbocycles. The Morgan fingerprint density at radius 2 is 1.96 bits per heavy atom. The summed E-state index contributed by atoms with van der Waals surface area (Å²) in [5.41, 5.74) is 11.1. The van der Waals surface area contributed by atoms with Crippen LogP contribution in [0.2, 0.25) is 0 Å². The van der Waals surface area contributed by atoms with Crippen molar-refractivity contribution in [3.05, 3.63) is 72.3 Å². The van der Waals surface area contributed by atoms with Crippen LogP contribution in [0.3, 0.4) is 0 Å². The minimum atomic E-state index is 0.235. The predicted octanol–water partition coefficient (Wildman–Crippen LogP) is 4.75. The number of fused-ring (bicyclic) bond motifs is 1. The van der Waals surface area contributed by atoms with Crippen LogP contribution in [0, 0.1) is 12.5 Å². The summed E-state index contributed by atoms with van der Waals surface area (Å²) in [6.07, 6.45) is 5.06. The van der Waals surface area contributed by atoms with Crippen LogP contribution in [0.5, 0.6) is 0 Å². The first-order valence-corrected chi connectivity index (χ1v) is 8.73. The molecule has 8 heteroatoms. The Balaban J connectivity index is 1.54. The van der Waals surface area contributed by atoms with Crippen LogP contribution in [0.15, 0.2) is 66.2 Å². The molecular formula is C20H18N8. The van der Waals surface area contributed by atoms with Gasteiger partial charge >= 0.3 is 0 Å². The van der Waals surface area contributed by atoms with Crippen molar-refractivity contribution in [2.45, 2.75) is 13.5 Å². The minimum Gasteiger partial charge on any atom is -0.363 e. The highest BCUT2D eigenvalue weighted by Gasteiger charge is 2.08. The zero-order valence-electron chi connectivity index (χ0n) is 15.2. The van der Waals surface area contributed by atoms with Crippen molar-refractivity contribution in [2.75, 3.05) is 10.6 Å². The maximum atomic E-state index is 7.34. The fourth-order valence-corrected chi connectivity index (χ4v) is 2.84. The van der Waals surface area contributed by atoms with Gasteiger partial charge in [-0.3, -0.25) is 9.97 Å². The Hall–Kier alpha value is -3.94. The van der Waals surface area contributed by atoms with Gasteiger partial charge in [-0.05, 0) is 42.8 Å². The van der Waals surface area contributed by atoms with Crippen LogP contribution in [0.1, 0.15) is 11.3 Å². The molecule has 0 bridgehead atoms. The van der Waals surface area contributed by atoms with Crippen LogP contribution < -0.4 is 10.6 Å². The maximum Gasteiger partial charge on any atom is 0.216 e. The molecule has 0 saturated carbocycles. The van der Waals surface area contributed by atoms with Gasteiger partial charge in [0.15, 0.2) is 11.6 Å². The number of anilines is 3. The third kappa shape index (κ3) is 3.90. The number of aromatic nitrogens is 4. The molecule has 0 fully saturated rings. The van der Waals surface area contributed by atoms with Crippen LogP contribution in [0.25, 0.3) is 10.9 Å². The second-order valence-electron chi connectivity index (χ2n) is 6.23. The number of nitrogens with one attached hydrogen (secondary N) is 3. The number of hydrogen-bond acceptors (Lipinski definition) is 8. The number of nitrogens with zero attached hydrogens (tertiary/aromatic N) is 5. The Bertz CT molecular complexity index is 1140. The van der Waals surface area contributed by atoms with E-state index in [0.717, 1.165) is 27.8 Å². The summed E-state index contributed by atoms with van der Waals surface area (Å²) in [7, 11) is 0. The van der Waals surface area contributed by atoms with Gasteiger partial charge in [0.05, 0.1) is 11.7 Å². The van der Waals surface area contributed by atoms with Gasteiger partial charge in [-0.25, -0.2) is 15.5 Å². The van der Waals surface area contributed by atoms with Gasteiger partial charge in [-0.1, -0.05) is 12.1 Å². The zero-order valence-corrected chi connectivity index (χ0v) is 15.2. The second kappa shape index (κ2) is 7.75. The molecule has 3 N–H and O–H groups in total. The number of benzene rings is 1. The second-order valence-corrected chi connectivity index (χ2v) is 6.23. The monoisotopic (exact) mass is 370 g/mol. The molecule has 3 heterocycles. The quantitative estimate of drug-likeness (QED) is 0.422. The summed E-state index contributed by atoms with van der Waals surface area (Å²) in [6.45, 7) is 2.45. The average Bonchev–Trinajstić information content (AvgIpc) is 2.72. The molecule has 138 valence electrons. The van der Waals surface area contributed by atoms with E-state index >= 15 is 0 Å². The Labute approximate surface area is 161 Å². The fourth-order valence-electron chi connectivity index (χ4n) is 2.84. The summed E-state index contributed by atoms with van der Waals surface area (Å²) < 4.78 is 0. The number of rotatable bonds is 6. The van der Waals surface area contributed by atoms with E-state index in [9.17, 15) is 0 Å². The van der Waals surface area contributed by atoms with Gasteiger partial charge in [-0.2, -0.15) is 0 Å². The van der Waals surface area contributed by atoms with Crippen molar-refractivity contribution in [1.29, 1.82) is 5.53 Å². The Kier molecular flexibility index (Phi) is 4.83. The van der Waals surface area contributed by atoms with Crippen LogP contribution in [-0.4, -0.2) is 19.9 Å². The van der Waals surface area contributed by atoms with Crippen molar-refractivity contribution in [2.24, 2.45) is 5.11 Å². The summed E-state index contributed by atoms with van der Waals surface area (Å²) in [4.78, 5) is 17.2. The topological polar surface area (TPSA) is 112 Å². The first kappa shape index (κ1) is 17.5. The summed E-state index contributed by atoms with van der Waals surface area (Å²) in [5.74, 6) is 1.24. The number of pyridine rings is 2. The van der Waals surface area contributed by atoms with E-state index in [-0.39, 0.29) is 5.82 Å². The zero-order chi connectivity index (χ0) is 19.3. The van der Waals surface area contributed by atoms with E-state index in [2.05, 4.69) is 41.8 Å². The molecular weight excluding hydrogens is 352 g/mol. The summed E-state index contributed by atoms with van der Waals surface area (Å²) in [5, 5.41) is 10.9. The van der Waals surface area contributed by atoms with E-state index in [1.165, 1.54) is 0 Å². The van der Waals surface area contributed by atoms with Crippen LogP contribution >= 0.6 is 0 Å². The highest BCUT2D eigenvalue weighted by molar-refractivity contribution is 5.79. The molecule has 3 aromatic heterocycles. The van der Waals surface area contributed by atoms with Gasteiger partial charge in [0.2, 0.25) is 5.82 Å². The van der Waals surface area contributed by atoms with E-state index < -0.39 is 0 Å². The van der Waals surface area contributed by atoms with Crippen molar-refractivity contribution in [3.63, 3.8) is 0 Å². The highest BCUT2D eigenvalue weighted by atomic mass is 15.2. The molecule has 1 aromatic carbocycles. The van der Waals surface area contributed by atoms with Gasteiger partial charge in [-0.15, -0.1) is 5.11 Å². The SMILES string of the molecule is Cc1cc(Nc2cnc(N=N)c(NCc3ccc4ncccc4c3)n2)ccn1. The standard InChI is InChI=1S/C20H18N8/c1-13-9-16(6-8-22-13)26-18-12-25-20(28-21)19(27-18)24-11-14-4-5-17-15(10-14)3-2-7-23-17/h2-10,12,21H,11H2,1H3,(H2,22,24,26,27). The lowest BCUT2D eigenvalue weighted by Crippen LogP contribution is -2.04. The molecule has 8 nitrogen and oxygen atoms in total. The molecule has 0 spiro atoms. The average molecular weight is 370 g/mol. The van der Waals surface area contributed by atoms with Crippen LogP contribution in [0.4, 0.5) is 23.1 Å². The maximum absolute atomic E-state index is 7.34. The molecule has 0 atom stereocenters. The minimum absolute atomic E-state index is 0.235. The molecule has 28 heavy (non-hydrogen) atoms. The normalized spacial score (nSPS) is 10.6. The number of hydrogen-bond donors (Lipinski definition) is 3. The summed E-state index contributed by atoms with van der Waals surface area (Å²) >= 11 is 0. The van der Waals surface area contributed by atoms with Gasteiger partial charge in [0, 0.05) is 35.7 Å². The van der Waals surface area contributed by atoms with Crippen molar-refractivity contribution in [1.82, 2.24) is 19.9 Å². The third-order valence-electron chi connectivity index (χ3n) is 4.16.